The van der Waals surface area contributed by atoms with Crippen LogP contribution in [0.4, 0.5) is 17.6 Å². The van der Waals surface area contributed by atoms with Crippen molar-refractivity contribution >= 4 is 29.9 Å². The molecule has 0 bridgehead atoms. The van der Waals surface area contributed by atoms with Gasteiger partial charge < -0.3 is 15.4 Å². The molecule has 0 saturated heterocycles. The van der Waals surface area contributed by atoms with Crippen molar-refractivity contribution in [2.24, 2.45) is 4.99 Å². The minimum atomic E-state index is -4.64. The molecule has 160 valence electrons. The van der Waals surface area contributed by atoms with Crippen molar-refractivity contribution in [2.45, 2.75) is 33.1 Å². The molecule has 1 heterocycles. The van der Waals surface area contributed by atoms with E-state index in [0.29, 0.717) is 12.6 Å². The van der Waals surface area contributed by atoms with Crippen LogP contribution in [-0.2, 0) is 19.3 Å². The van der Waals surface area contributed by atoms with Gasteiger partial charge in [-0.05, 0) is 31.5 Å². The number of aryl methyl sites for hydroxylation is 1. The number of nitrogens with one attached hydrogen (secondary N) is 2. The fraction of sp³-hybridized carbons (Fsp3) is 0.368. The predicted molar refractivity (Wildman–Crippen MR) is 114 cm³/mol. The average Bonchev–Trinajstić information content (AvgIpc) is 2.63. The Hall–Kier alpha value is -2.11. The van der Waals surface area contributed by atoms with Gasteiger partial charge in [0.25, 0.3) is 0 Å². The second-order valence-electron chi connectivity index (χ2n) is 6.12. The summed E-state index contributed by atoms with van der Waals surface area (Å²) in [6.45, 7) is 3.90. The lowest BCUT2D eigenvalue weighted by molar-refractivity contribution is -0.138. The molecule has 5 nitrogen and oxygen atoms in total. The maximum absolute atomic E-state index is 13.2. The Morgan fingerprint density at radius 2 is 1.83 bits per heavy atom. The number of halogens is 5. The van der Waals surface area contributed by atoms with Crippen LogP contribution in [0.1, 0.15) is 27.9 Å². The summed E-state index contributed by atoms with van der Waals surface area (Å²) in [7, 11) is 3.08. The van der Waals surface area contributed by atoms with E-state index < -0.39 is 17.6 Å². The van der Waals surface area contributed by atoms with Crippen LogP contribution < -0.4 is 15.4 Å². The molecule has 2 rings (SSSR count). The molecule has 0 unspecified atom stereocenters. The maximum Gasteiger partial charge on any atom is 0.416 e. The molecule has 2 aromatic rings. The fourth-order valence-electron chi connectivity index (χ4n) is 2.78. The highest BCUT2D eigenvalue weighted by Crippen LogP contribution is 2.32. The molecule has 0 fully saturated rings. The zero-order valence-corrected chi connectivity index (χ0v) is 18.8. The van der Waals surface area contributed by atoms with Crippen LogP contribution in [0.25, 0.3) is 0 Å². The Labute approximate surface area is 184 Å². The Morgan fingerprint density at radius 3 is 2.41 bits per heavy atom. The molecule has 2 N–H and O–H groups in total. The van der Waals surface area contributed by atoms with E-state index in [1.165, 1.54) is 7.05 Å². The van der Waals surface area contributed by atoms with Crippen molar-refractivity contribution < 1.29 is 22.3 Å². The van der Waals surface area contributed by atoms with Gasteiger partial charge in [0.05, 0.1) is 24.9 Å². The van der Waals surface area contributed by atoms with Gasteiger partial charge in [-0.25, -0.2) is 4.39 Å². The van der Waals surface area contributed by atoms with Gasteiger partial charge in [0.1, 0.15) is 11.6 Å². The van der Waals surface area contributed by atoms with Crippen molar-refractivity contribution in [3.8, 4) is 5.75 Å². The van der Waals surface area contributed by atoms with Crippen molar-refractivity contribution in [2.75, 3.05) is 14.2 Å². The fourth-order valence-corrected chi connectivity index (χ4v) is 2.78. The first-order valence-electron chi connectivity index (χ1n) is 8.46. The summed E-state index contributed by atoms with van der Waals surface area (Å²) in [4.78, 5) is 8.35. The quantitative estimate of drug-likeness (QED) is 0.264. The van der Waals surface area contributed by atoms with Gasteiger partial charge in [-0.3, -0.25) is 9.98 Å². The van der Waals surface area contributed by atoms with E-state index in [4.69, 9.17) is 4.74 Å². The van der Waals surface area contributed by atoms with E-state index >= 15 is 0 Å². The van der Waals surface area contributed by atoms with Gasteiger partial charge in [0.15, 0.2) is 5.96 Å². The van der Waals surface area contributed by atoms with E-state index in [0.717, 1.165) is 34.7 Å². The maximum atomic E-state index is 13.2. The number of rotatable bonds is 5. The number of aromatic nitrogens is 1. The van der Waals surface area contributed by atoms with Crippen molar-refractivity contribution in [3.05, 3.63) is 58.2 Å². The summed E-state index contributed by atoms with van der Waals surface area (Å²) < 4.78 is 57.8. The van der Waals surface area contributed by atoms with E-state index in [9.17, 15) is 17.6 Å². The van der Waals surface area contributed by atoms with Crippen LogP contribution in [-0.4, -0.2) is 25.1 Å². The summed E-state index contributed by atoms with van der Waals surface area (Å²) in [5.41, 5.74) is 1.40. The highest BCUT2D eigenvalue weighted by Gasteiger charge is 2.33. The molecule has 0 atom stereocenters. The molecular weight excluding hydrogens is 503 g/mol. The minimum Gasteiger partial charge on any atom is -0.496 e. The number of nitrogens with zero attached hydrogens (tertiary/aromatic N) is 2. The van der Waals surface area contributed by atoms with Crippen molar-refractivity contribution in [3.63, 3.8) is 0 Å². The third-order valence-corrected chi connectivity index (χ3v) is 4.22. The molecule has 0 spiro atoms. The first-order valence-corrected chi connectivity index (χ1v) is 8.46. The molecule has 0 aliphatic carbocycles. The first-order chi connectivity index (χ1) is 13.2. The van der Waals surface area contributed by atoms with Crippen molar-refractivity contribution in [1.29, 1.82) is 0 Å². The lowest BCUT2D eigenvalue weighted by atomic mass is 10.1. The lowest BCUT2D eigenvalue weighted by Crippen LogP contribution is -2.37. The van der Waals surface area contributed by atoms with Gasteiger partial charge in [-0.1, -0.05) is 6.07 Å². The van der Waals surface area contributed by atoms with Crippen molar-refractivity contribution in [1.82, 2.24) is 15.6 Å². The molecule has 0 radical (unpaired) electrons. The molecule has 1 aromatic carbocycles. The molecule has 0 amide bonds. The molecule has 0 saturated carbocycles. The second kappa shape index (κ2) is 10.6. The average molecular weight is 526 g/mol. The number of methoxy groups -OCH3 is 1. The number of alkyl halides is 3. The Bertz CT molecular complexity index is 872. The number of pyridine rings is 1. The van der Waals surface area contributed by atoms with Gasteiger partial charge in [-0.2, -0.15) is 13.2 Å². The lowest BCUT2D eigenvalue weighted by Gasteiger charge is -2.17. The zero-order chi connectivity index (χ0) is 20.9. The SMILES string of the molecule is CN=C(NCc1ccc(F)cc1C(F)(F)F)NCc1ncc(C)c(OC)c1C.I. The number of ether oxygens (including phenoxy) is 1. The van der Waals surface area contributed by atoms with Crippen LogP contribution in [0.15, 0.2) is 29.4 Å². The third kappa shape index (κ3) is 6.44. The normalized spacial score (nSPS) is 11.7. The summed E-state index contributed by atoms with van der Waals surface area (Å²) in [5, 5.41) is 5.81. The van der Waals surface area contributed by atoms with Gasteiger partial charge in [-0.15, -0.1) is 24.0 Å². The Kier molecular flexibility index (Phi) is 9.12. The molecular formula is C19H23F4IN4O. The predicted octanol–water partition coefficient (Wildman–Crippen LogP) is 4.35. The first kappa shape index (κ1) is 24.9. The zero-order valence-electron chi connectivity index (χ0n) is 16.4. The smallest absolute Gasteiger partial charge is 0.416 e. The second-order valence-corrected chi connectivity index (χ2v) is 6.12. The van der Waals surface area contributed by atoms with Crippen LogP contribution in [0, 0.1) is 19.7 Å². The number of hydrogen-bond donors (Lipinski definition) is 2. The summed E-state index contributed by atoms with van der Waals surface area (Å²) in [5.74, 6) is 0.0857. The highest BCUT2D eigenvalue weighted by molar-refractivity contribution is 14.0. The number of guanidine groups is 1. The van der Waals surface area contributed by atoms with Crippen LogP contribution >= 0.6 is 24.0 Å². The standard InChI is InChI=1S/C19H22F4N4O.HI/c1-11-8-25-16(12(2)17(11)28-4)10-27-18(24-3)26-9-13-5-6-14(20)7-15(13)19(21,22)23;/h5-8H,9-10H2,1-4H3,(H2,24,26,27);1H. The van der Waals surface area contributed by atoms with E-state index in [-0.39, 0.29) is 42.0 Å². The van der Waals surface area contributed by atoms with E-state index in [2.05, 4.69) is 20.6 Å². The Balaban J connectivity index is 0.00000420. The number of benzene rings is 1. The van der Waals surface area contributed by atoms with E-state index in [1.54, 1.807) is 13.3 Å². The molecule has 0 aliphatic heterocycles. The third-order valence-electron chi connectivity index (χ3n) is 4.22. The van der Waals surface area contributed by atoms with Crippen LogP contribution in [0.5, 0.6) is 5.75 Å². The largest absolute Gasteiger partial charge is 0.496 e. The summed E-state index contributed by atoms with van der Waals surface area (Å²) >= 11 is 0. The highest BCUT2D eigenvalue weighted by atomic mass is 127. The summed E-state index contributed by atoms with van der Waals surface area (Å²) in [6, 6.07) is 2.59. The molecule has 1 aromatic heterocycles. The Morgan fingerprint density at radius 1 is 1.17 bits per heavy atom. The molecule has 10 heteroatoms. The van der Waals surface area contributed by atoms with E-state index in [1.807, 2.05) is 13.8 Å². The van der Waals surface area contributed by atoms with Crippen LogP contribution in [0.3, 0.4) is 0 Å². The topological polar surface area (TPSA) is 58.5 Å². The molecule has 29 heavy (non-hydrogen) atoms. The molecule has 0 aliphatic rings. The van der Waals surface area contributed by atoms with Gasteiger partial charge >= 0.3 is 6.18 Å². The number of hydrogen-bond acceptors (Lipinski definition) is 3. The summed E-state index contributed by atoms with van der Waals surface area (Å²) in [6.07, 6.45) is -2.96. The van der Waals surface area contributed by atoms with Gasteiger partial charge in [0, 0.05) is 30.9 Å². The monoisotopic (exact) mass is 526 g/mol. The minimum absolute atomic E-state index is 0. The van der Waals surface area contributed by atoms with Gasteiger partial charge in [0.2, 0.25) is 0 Å². The van der Waals surface area contributed by atoms with Crippen LogP contribution in [0.2, 0.25) is 0 Å². The number of aliphatic imine (C=N–C) groups is 1.